The van der Waals surface area contributed by atoms with Crippen molar-refractivity contribution < 1.29 is 17.9 Å². The van der Waals surface area contributed by atoms with Crippen LogP contribution in [0.25, 0.3) is 0 Å². The zero-order chi connectivity index (χ0) is 17.6. The minimum atomic E-state index is -3.41. The first kappa shape index (κ1) is 17.8. The maximum Gasteiger partial charge on any atom is 0.232 e. The Morgan fingerprint density at radius 1 is 1.08 bits per heavy atom. The minimum absolute atomic E-state index is 0.159. The van der Waals surface area contributed by atoms with Crippen LogP contribution in [0.1, 0.15) is 6.42 Å². The normalized spacial score (nSPS) is 10.9. The summed E-state index contributed by atoms with van der Waals surface area (Å²) in [7, 11) is -1.97. The van der Waals surface area contributed by atoms with E-state index in [4.69, 9.17) is 4.74 Å². The lowest BCUT2D eigenvalue weighted by Crippen LogP contribution is -2.26. The van der Waals surface area contributed by atoms with Gasteiger partial charge in [-0.1, -0.05) is 30.3 Å². The molecular weight excluding hydrogens is 328 g/mol. The second-order valence-electron chi connectivity index (χ2n) is 5.21. The summed E-state index contributed by atoms with van der Waals surface area (Å²) in [5.74, 6) is 0.447. The third-order valence-electron chi connectivity index (χ3n) is 3.36. The van der Waals surface area contributed by atoms with E-state index in [0.29, 0.717) is 17.1 Å². The summed E-state index contributed by atoms with van der Waals surface area (Å²) >= 11 is 0. The van der Waals surface area contributed by atoms with E-state index in [2.05, 4.69) is 5.32 Å². The summed E-state index contributed by atoms with van der Waals surface area (Å²) in [6, 6.07) is 16.0. The van der Waals surface area contributed by atoms with Crippen LogP contribution < -0.4 is 14.4 Å². The molecule has 0 saturated carbocycles. The lowest BCUT2D eigenvalue weighted by Gasteiger charge is -2.20. The van der Waals surface area contributed by atoms with Crippen LogP contribution in [0, 0.1) is 0 Å². The number of ether oxygens (including phenoxy) is 1. The average molecular weight is 348 g/mol. The van der Waals surface area contributed by atoms with Crippen LogP contribution in [0.2, 0.25) is 0 Å². The molecule has 2 aromatic carbocycles. The fourth-order valence-electron chi connectivity index (χ4n) is 2.02. The highest BCUT2D eigenvalue weighted by Crippen LogP contribution is 2.26. The van der Waals surface area contributed by atoms with Gasteiger partial charge in [-0.2, -0.15) is 0 Å². The number of nitrogens with zero attached hydrogens (tertiary/aromatic N) is 1. The van der Waals surface area contributed by atoms with E-state index in [1.807, 2.05) is 30.3 Å². The van der Waals surface area contributed by atoms with Gasteiger partial charge < -0.3 is 10.1 Å². The molecule has 1 amide bonds. The lowest BCUT2D eigenvalue weighted by atomic mass is 10.2. The molecule has 2 aromatic rings. The molecule has 0 saturated heterocycles. The van der Waals surface area contributed by atoms with Crippen molar-refractivity contribution in [3.8, 4) is 5.75 Å². The van der Waals surface area contributed by atoms with Gasteiger partial charge in [0.25, 0.3) is 0 Å². The van der Waals surface area contributed by atoms with Crippen LogP contribution in [-0.2, 0) is 14.8 Å². The Balaban J connectivity index is 1.97. The van der Waals surface area contributed by atoms with E-state index in [9.17, 15) is 13.2 Å². The number of amides is 1. The first-order valence-corrected chi connectivity index (χ1v) is 9.23. The van der Waals surface area contributed by atoms with Crippen molar-refractivity contribution in [2.24, 2.45) is 0 Å². The van der Waals surface area contributed by atoms with Gasteiger partial charge in [0.2, 0.25) is 15.9 Å². The standard InChI is InChI=1S/C17H20N2O4S/c1-19(24(2,21)22)16-11-7-6-10-15(16)18-17(20)12-13-23-14-8-4-3-5-9-14/h3-11H,12-13H2,1-2H3,(H,18,20). The number of sulfonamides is 1. The molecule has 0 radical (unpaired) electrons. The zero-order valence-corrected chi connectivity index (χ0v) is 14.4. The van der Waals surface area contributed by atoms with Crippen LogP contribution in [0.3, 0.4) is 0 Å². The van der Waals surface area contributed by atoms with Crippen molar-refractivity contribution in [3.63, 3.8) is 0 Å². The molecule has 6 nitrogen and oxygen atoms in total. The molecule has 2 rings (SSSR count). The maximum atomic E-state index is 12.1. The highest BCUT2D eigenvalue weighted by atomic mass is 32.2. The first-order valence-electron chi connectivity index (χ1n) is 7.38. The summed E-state index contributed by atoms with van der Waals surface area (Å²) < 4.78 is 30.0. The Kier molecular flexibility index (Phi) is 5.81. The largest absolute Gasteiger partial charge is 0.493 e. The summed E-state index contributed by atoms with van der Waals surface area (Å²) in [5.41, 5.74) is 0.854. The number of carbonyl (C=O) groups is 1. The Morgan fingerprint density at radius 2 is 1.71 bits per heavy atom. The average Bonchev–Trinajstić information content (AvgIpc) is 2.55. The molecule has 0 aromatic heterocycles. The number of anilines is 2. The second kappa shape index (κ2) is 7.83. The quantitative estimate of drug-likeness (QED) is 0.834. The van der Waals surface area contributed by atoms with Gasteiger partial charge in [-0.05, 0) is 24.3 Å². The molecule has 0 atom stereocenters. The molecule has 128 valence electrons. The van der Waals surface area contributed by atoms with Crippen molar-refractivity contribution in [3.05, 3.63) is 54.6 Å². The third kappa shape index (κ3) is 4.99. The molecule has 0 aliphatic carbocycles. The van der Waals surface area contributed by atoms with Crippen LogP contribution >= 0.6 is 0 Å². The number of hydrogen-bond acceptors (Lipinski definition) is 4. The molecule has 1 N–H and O–H groups in total. The van der Waals surface area contributed by atoms with Gasteiger partial charge in [-0.15, -0.1) is 0 Å². The molecule has 0 unspecified atom stereocenters. The molecule has 7 heteroatoms. The van der Waals surface area contributed by atoms with Gasteiger partial charge >= 0.3 is 0 Å². The predicted molar refractivity (Wildman–Crippen MR) is 94.9 cm³/mol. The third-order valence-corrected chi connectivity index (χ3v) is 4.55. The fraction of sp³-hybridized carbons (Fsp3) is 0.235. The van der Waals surface area contributed by atoms with E-state index in [-0.39, 0.29) is 18.9 Å². The van der Waals surface area contributed by atoms with Crippen molar-refractivity contribution in [1.29, 1.82) is 0 Å². The van der Waals surface area contributed by atoms with Crippen LogP contribution in [0.4, 0.5) is 11.4 Å². The fourth-order valence-corrected chi connectivity index (χ4v) is 2.54. The minimum Gasteiger partial charge on any atom is -0.493 e. The molecule has 0 aliphatic heterocycles. The number of nitrogens with one attached hydrogen (secondary N) is 1. The number of carbonyl (C=O) groups excluding carboxylic acids is 1. The van der Waals surface area contributed by atoms with Gasteiger partial charge in [0.1, 0.15) is 5.75 Å². The van der Waals surface area contributed by atoms with Crippen LogP contribution in [-0.4, -0.2) is 34.2 Å². The Bertz CT molecular complexity index is 791. The molecule has 0 fully saturated rings. The number of benzene rings is 2. The van der Waals surface area contributed by atoms with E-state index >= 15 is 0 Å². The molecule has 24 heavy (non-hydrogen) atoms. The number of hydrogen-bond donors (Lipinski definition) is 1. The Morgan fingerprint density at radius 3 is 2.38 bits per heavy atom. The van der Waals surface area contributed by atoms with Gasteiger partial charge in [-0.3, -0.25) is 9.10 Å². The van der Waals surface area contributed by atoms with Crippen LogP contribution in [0.15, 0.2) is 54.6 Å². The predicted octanol–water partition coefficient (Wildman–Crippen LogP) is 2.49. The second-order valence-corrected chi connectivity index (χ2v) is 7.22. The first-order chi connectivity index (χ1) is 11.4. The molecule has 0 aliphatic rings. The monoisotopic (exact) mass is 348 g/mol. The summed E-state index contributed by atoms with van der Waals surface area (Å²) in [4.78, 5) is 12.1. The van der Waals surface area contributed by atoms with Gasteiger partial charge in [0, 0.05) is 7.05 Å². The van der Waals surface area contributed by atoms with Crippen molar-refractivity contribution in [1.82, 2.24) is 0 Å². The van der Waals surface area contributed by atoms with Gasteiger partial charge in [0.05, 0.1) is 30.7 Å². The molecular formula is C17H20N2O4S. The van der Waals surface area contributed by atoms with E-state index in [0.717, 1.165) is 10.6 Å². The van der Waals surface area contributed by atoms with Gasteiger partial charge in [0.15, 0.2) is 0 Å². The molecule has 0 bridgehead atoms. The zero-order valence-electron chi connectivity index (χ0n) is 13.6. The van der Waals surface area contributed by atoms with Crippen molar-refractivity contribution >= 4 is 27.3 Å². The topological polar surface area (TPSA) is 75.7 Å². The van der Waals surface area contributed by atoms with E-state index in [1.54, 1.807) is 24.3 Å². The molecule has 0 heterocycles. The summed E-state index contributed by atoms with van der Waals surface area (Å²) in [6.07, 6.45) is 1.27. The number of para-hydroxylation sites is 3. The highest BCUT2D eigenvalue weighted by molar-refractivity contribution is 7.92. The summed E-state index contributed by atoms with van der Waals surface area (Å²) in [6.45, 7) is 0.236. The lowest BCUT2D eigenvalue weighted by molar-refractivity contribution is -0.116. The van der Waals surface area contributed by atoms with E-state index < -0.39 is 10.0 Å². The van der Waals surface area contributed by atoms with Crippen molar-refractivity contribution in [2.75, 3.05) is 29.5 Å². The number of rotatable bonds is 7. The van der Waals surface area contributed by atoms with Gasteiger partial charge in [-0.25, -0.2) is 8.42 Å². The molecule has 0 spiro atoms. The van der Waals surface area contributed by atoms with E-state index in [1.165, 1.54) is 7.05 Å². The smallest absolute Gasteiger partial charge is 0.232 e. The van der Waals surface area contributed by atoms with Crippen molar-refractivity contribution in [2.45, 2.75) is 6.42 Å². The highest BCUT2D eigenvalue weighted by Gasteiger charge is 2.16. The Labute approximate surface area is 142 Å². The maximum absolute atomic E-state index is 12.1. The SMILES string of the molecule is CN(c1ccccc1NC(=O)CCOc1ccccc1)S(C)(=O)=O. The Hall–Kier alpha value is -2.54. The van der Waals surface area contributed by atoms with Crippen LogP contribution in [0.5, 0.6) is 5.75 Å². The summed E-state index contributed by atoms with van der Waals surface area (Å²) in [5, 5.41) is 2.72.